The van der Waals surface area contributed by atoms with Gasteiger partial charge in [-0.05, 0) is 88.0 Å². The molecule has 15 rings (SSSR count). The Morgan fingerprint density at radius 3 is 1.94 bits per heavy atom. The molecule has 1 aliphatic rings. The fourth-order valence-corrected chi connectivity index (χ4v) is 11.6. The zero-order valence-corrected chi connectivity index (χ0v) is 33.2. The summed E-state index contributed by atoms with van der Waals surface area (Å²) in [5, 5.41) is 8.08. The van der Waals surface area contributed by atoms with Crippen molar-refractivity contribution < 1.29 is 4.42 Å². The Balaban J connectivity index is 1.05. The molecule has 0 radical (unpaired) electrons. The van der Waals surface area contributed by atoms with Crippen LogP contribution in [-0.2, 0) is 5.41 Å². The Kier molecular flexibility index (Phi) is 6.04. The number of aromatic nitrogens is 4. The second-order valence-corrected chi connectivity index (χ2v) is 16.8. The third-order valence-electron chi connectivity index (χ3n) is 13.9. The zero-order valence-electron chi connectivity index (χ0n) is 33.2. The Morgan fingerprint density at radius 2 is 1.08 bits per heavy atom. The molecule has 0 amide bonds. The molecule has 5 heteroatoms. The van der Waals surface area contributed by atoms with Crippen LogP contribution in [0.1, 0.15) is 22.3 Å². The Labute approximate surface area is 354 Å². The highest BCUT2D eigenvalue weighted by molar-refractivity contribution is 6.37. The molecule has 5 nitrogen and oxygen atoms in total. The third kappa shape index (κ3) is 3.86. The fraction of sp³-hybridized carbons (Fsp3) is 0.0175. The highest BCUT2D eigenvalue weighted by Gasteiger charge is 2.46. The molecular weight excluding hydrogens is 757 g/mol. The Hall–Kier alpha value is -8.28. The van der Waals surface area contributed by atoms with E-state index in [2.05, 4.69) is 203 Å². The standard InChI is InChI=1S/C57H32N4O/c1-3-14-34(15-4-1)57(35-16-5-2-6-17-35)41-21-10-7-18-36(41)37-27-26-33(32-42(37)57)54-40-20-8-11-22-43(40)58-56(59-54)61-46-25-13-24-45-50(46)51-47(61)29-31-48-52(51)53-49(62-48)30-28-39-38-19-9-12-23-44(38)60(45)55(39)53/h1-32H. The molecular formula is C57H32N4O. The number of hydrogen-bond acceptors (Lipinski definition) is 3. The molecule has 0 fully saturated rings. The predicted octanol–water partition coefficient (Wildman–Crippen LogP) is 14.1. The lowest BCUT2D eigenvalue weighted by Gasteiger charge is -2.34. The third-order valence-corrected chi connectivity index (χ3v) is 13.9. The molecule has 9 aromatic carbocycles. The van der Waals surface area contributed by atoms with Crippen molar-refractivity contribution in [3.05, 3.63) is 216 Å². The van der Waals surface area contributed by atoms with Gasteiger partial charge in [0.05, 0.1) is 49.6 Å². The zero-order chi connectivity index (χ0) is 40.3. The topological polar surface area (TPSA) is 48.3 Å². The first kappa shape index (κ1) is 32.6. The maximum atomic E-state index is 6.67. The van der Waals surface area contributed by atoms with E-state index in [1.54, 1.807) is 0 Å². The molecule has 0 unspecified atom stereocenters. The van der Waals surface area contributed by atoms with Gasteiger partial charge in [0.1, 0.15) is 11.2 Å². The van der Waals surface area contributed by atoms with Crippen LogP contribution in [-0.4, -0.2) is 18.9 Å². The summed E-state index contributed by atoms with van der Waals surface area (Å²) < 4.78 is 11.4. The highest BCUT2D eigenvalue weighted by atomic mass is 16.3. The lowest BCUT2D eigenvalue weighted by molar-refractivity contribution is 0.669. The predicted molar refractivity (Wildman–Crippen MR) is 252 cm³/mol. The number of nitrogens with zero attached hydrogens (tertiary/aromatic N) is 4. The first-order valence-corrected chi connectivity index (χ1v) is 21.3. The van der Waals surface area contributed by atoms with Gasteiger partial charge in [-0.1, -0.05) is 140 Å². The molecule has 0 aliphatic heterocycles. The van der Waals surface area contributed by atoms with Crippen LogP contribution in [0.15, 0.2) is 199 Å². The van der Waals surface area contributed by atoms with Gasteiger partial charge in [0.25, 0.3) is 0 Å². The summed E-state index contributed by atoms with van der Waals surface area (Å²) in [5.41, 5.74) is 17.2. The smallest absolute Gasteiger partial charge is 0.235 e. The SMILES string of the molecule is c1ccc(C2(c3ccccc3)c3ccccc3-c3ccc(-c4nc(-n5c6ccc7oc8ccc9c%10ccccc%10n%10c%11cccc5c%11c6c7c8c9%10)nc5ccccc45)cc32)cc1. The minimum atomic E-state index is -0.529. The van der Waals surface area contributed by atoms with Gasteiger partial charge in [-0.25, -0.2) is 9.97 Å². The van der Waals surface area contributed by atoms with E-state index >= 15 is 0 Å². The summed E-state index contributed by atoms with van der Waals surface area (Å²) >= 11 is 0. The van der Waals surface area contributed by atoms with Crippen molar-refractivity contribution >= 4 is 82.0 Å². The number of para-hydroxylation sites is 2. The van der Waals surface area contributed by atoms with Crippen molar-refractivity contribution in [2.45, 2.75) is 5.41 Å². The highest BCUT2D eigenvalue weighted by Crippen LogP contribution is 2.57. The van der Waals surface area contributed by atoms with Gasteiger partial charge in [-0.15, -0.1) is 0 Å². The van der Waals surface area contributed by atoms with Crippen LogP contribution in [0.5, 0.6) is 0 Å². The van der Waals surface area contributed by atoms with Gasteiger partial charge in [-0.3, -0.25) is 4.57 Å². The van der Waals surface area contributed by atoms with E-state index in [0.29, 0.717) is 5.95 Å². The molecule has 5 aromatic heterocycles. The van der Waals surface area contributed by atoms with Gasteiger partial charge in [-0.2, -0.15) is 0 Å². The molecule has 0 atom stereocenters. The van der Waals surface area contributed by atoms with Gasteiger partial charge in [0.15, 0.2) is 0 Å². The minimum Gasteiger partial charge on any atom is -0.456 e. The van der Waals surface area contributed by atoms with Crippen molar-refractivity contribution in [1.82, 2.24) is 18.9 Å². The number of furan rings is 1. The van der Waals surface area contributed by atoms with E-state index in [4.69, 9.17) is 14.4 Å². The first-order valence-electron chi connectivity index (χ1n) is 21.3. The van der Waals surface area contributed by atoms with Crippen LogP contribution >= 0.6 is 0 Å². The average molecular weight is 789 g/mol. The van der Waals surface area contributed by atoms with E-state index in [9.17, 15) is 0 Å². The molecule has 0 saturated carbocycles. The number of benzene rings is 9. The molecule has 286 valence electrons. The molecule has 0 N–H and O–H groups in total. The Morgan fingerprint density at radius 1 is 0.419 bits per heavy atom. The molecule has 0 bridgehead atoms. The van der Waals surface area contributed by atoms with E-state index in [1.807, 2.05) is 0 Å². The maximum Gasteiger partial charge on any atom is 0.235 e. The Bertz CT molecular complexity index is 4120. The van der Waals surface area contributed by atoms with Crippen LogP contribution in [0.2, 0.25) is 0 Å². The number of hydrogen-bond donors (Lipinski definition) is 0. The summed E-state index contributed by atoms with van der Waals surface area (Å²) in [7, 11) is 0. The van der Waals surface area contributed by atoms with E-state index in [-0.39, 0.29) is 0 Å². The lowest BCUT2D eigenvalue weighted by Crippen LogP contribution is -2.28. The largest absolute Gasteiger partial charge is 0.456 e. The molecule has 5 heterocycles. The van der Waals surface area contributed by atoms with E-state index in [0.717, 1.165) is 66.0 Å². The molecule has 0 spiro atoms. The number of rotatable bonds is 4. The fourth-order valence-electron chi connectivity index (χ4n) is 11.6. The summed E-state index contributed by atoms with van der Waals surface area (Å²) in [4.78, 5) is 11.1. The van der Waals surface area contributed by atoms with Crippen LogP contribution < -0.4 is 0 Å². The van der Waals surface area contributed by atoms with E-state index in [1.165, 1.54) is 60.6 Å². The quantitative estimate of drug-likeness (QED) is 0.178. The van der Waals surface area contributed by atoms with Gasteiger partial charge >= 0.3 is 0 Å². The summed E-state index contributed by atoms with van der Waals surface area (Å²) in [6.07, 6.45) is 0. The normalized spacial score (nSPS) is 13.6. The van der Waals surface area contributed by atoms with Gasteiger partial charge in [0.2, 0.25) is 5.95 Å². The van der Waals surface area contributed by atoms with E-state index < -0.39 is 5.41 Å². The van der Waals surface area contributed by atoms with Crippen LogP contribution in [0.25, 0.3) is 110 Å². The second kappa shape index (κ2) is 11.5. The maximum absolute atomic E-state index is 6.67. The van der Waals surface area contributed by atoms with Crippen LogP contribution in [0, 0.1) is 0 Å². The van der Waals surface area contributed by atoms with Crippen LogP contribution in [0.4, 0.5) is 0 Å². The van der Waals surface area contributed by atoms with Crippen molar-refractivity contribution in [2.75, 3.05) is 0 Å². The number of fused-ring (bicyclic) bond motifs is 8. The lowest BCUT2D eigenvalue weighted by atomic mass is 9.67. The van der Waals surface area contributed by atoms with Crippen LogP contribution in [0.3, 0.4) is 0 Å². The summed E-state index contributed by atoms with van der Waals surface area (Å²) in [5.74, 6) is 0.632. The average Bonchev–Trinajstić information content (AvgIpc) is 4.04. The molecule has 0 saturated heterocycles. The monoisotopic (exact) mass is 788 g/mol. The second-order valence-electron chi connectivity index (χ2n) is 16.8. The first-order chi connectivity index (χ1) is 30.8. The minimum absolute atomic E-state index is 0.529. The van der Waals surface area contributed by atoms with Crippen molar-refractivity contribution in [3.8, 4) is 28.3 Å². The van der Waals surface area contributed by atoms with Crippen molar-refractivity contribution in [3.63, 3.8) is 0 Å². The molecule has 1 aliphatic carbocycles. The van der Waals surface area contributed by atoms with Crippen molar-refractivity contribution in [2.24, 2.45) is 0 Å². The summed E-state index contributed by atoms with van der Waals surface area (Å²) in [6, 6.07) is 70.4. The molecule has 14 aromatic rings. The van der Waals surface area contributed by atoms with Gasteiger partial charge < -0.3 is 8.82 Å². The summed E-state index contributed by atoms with van der Waals surface area (Å²) in [6.45, 7) is 0. The molecule has 62 heavy (non-hydrogen) atoms. The van der Waals surface area contributed by atoms with Crippen molar-refractivity contribution in [1.29, 1.82) is 0 Å². The van der Waals surface area contributed by atoms with Gasteiger partial charge in [0, 0.05) is 37.9 Å².